The van der Waals surface area contributed by atoms with Gasteiger partial charge in [0.25, 0.3) is 0 Å². The lowest BCUT2D eigenvalue weighted by Gasteiger charge is -2.26. The molecule has 1 amide bonds. The monoisotopic (exact) mass is 398 g/mol. The fourth-order valence-electron chi connectivity index (χ4n) is 2.70. The number of hydrogen-bond donors (Lipinski definition) is 0. The summed E-state index contributed by atoms with van der Waals surface area (Å²) in [6.07, 6.45) is 0.235. The second-order valence-corrected chi connectivity index (χ2v) is 7.30. The van der Waals surface area contributed by atoms with E-state index in [1.165, 1.54) is 23.5 Å². The molecule has 3 rings (SSSR count). The summed E-state index contributed by atoms with van der Waals surface area (Å²) >= 11 is 1.22. The number of ether oxygens (including phenoxy) is 2. The molecule has 28 heavy (non-hydrogen) atoms. The highest BCUT2D eigenvalue weighted by Gasteiger charge is 2.19. The molecular weight excluding hydrogens is 380 g/mol. The maximum absolute atomic E-state index is 12.3. The average molecular weight is 398 g/mol. The van der Waals surface area contributed by atoms with E-state index in [-0.39, 0.29) is 23.7 Å². The van der Waals surface area contributed by atoms with Crippen LogP contribution in [0, 0.1) is 11.3 Å². The molecule has 1 saturated heterocycles. The van der Waals surface area contributed by atoms with Crippen LogP contribution in [-0.2, 0) is 20.7 Å². The maximum atomic E-state index is 12.3. The Labute approximate surface area is 166 Å². The van der Waals surface area contributed by atoms with E-state index in [4.69, 9.17) is 14.7 Å². The van der Waals surface area contributed by atoms with Crippen LogP contribution in [-0.4, -0.2) is 55.5 Å². The average Bonchev–Trinajstić information content (AvgIpc) is 3.21. The number of hydrogen-bond acceptors (Lipinski definition) is 7. The summed E-state index contributed by atoms with van der Waals surface area (Å²) in [4.78, 5) is 39.5. The van der Waals surface area contributed by atoms with Crippen molar-refractivity contribution in [2.45, 2.75) is 6.42 Å². The van der Waals surface area contributed by atoms with Gasteiger partial charge in [-0.15, -0.1) is 11.3 Å². The first-order valence-electron chi connectivity index (χ1n) is 8.71. The lowest BCUT2D eigenvalue weighted by Crippen LogP contribution is -2.41. The zero-order valence-corrected chi connectivity index (χ0v) is 15.9. The second-order valence-electron chi connectivity index (χ2n) is 6.13. The first-order valence-corrected chi connectivity index (χ1v) is 9.53. The third-order valence-corrected chi connectivity index (χ3v) is 5.31. The van der Waals surface area contributed by atoms with Crippen LogP contribution < -0.4 is 0 Å². The number of nitrogens with zero attached hydrogens (tertiary/aromatic N) is 2. The molecule has 144 valence electrons. The lowest BCUT2D eigenvalue weighted by molar-refractivity contribution is -0.134. The molecule has 0 bridgehead atoms. The minimum atomic E-state index is -0.662. The Hall–Kier alpha value is -3.02. The SMILES string of the molecule is N#Cc1cccc(C(=O)OCC(=O)c2ccc(CC(=O)N3CCOCC3)s2)c1. The fraction of sp³-hybridized carbons (Fsp3) is 0.300. The van der Waals surface area contributed by atoms with Gasteiger partial charge in [-0.2, -0.15) is 5.26 Å². The van der Waals surface area contributed by atoms with Gasteiger partial charge >= 0.3 is 5.97 Å². The second kappa shape index (κ2) is 9.26. The van der Waals surface area contributed by atoms with Gasteiger partial charge < -0.3 is 14.4 Å². The van der Waals surface area contributed by atoms with E-state index in [0.717, 1.165) is 4.88 Å². The van der Waals surface area contributed by atoms with Gasteiger partial charge in [0.05, 0.1) is 41.7 Å². The quantitative estimate of drug-likeness (QED) is 0.546. The topological polar surface area (TPSA) is 96.7 Å². The smallest absolute Gasteiger partial charge is 0.338 e. The van der Waals surface area contributed by atoms with Gasteiger partial charge in [0.15, 0.2) is 6.61 Å². The molecule has 1 aliphatic heterocycles. The summed E-state index contributed by atoms with van der Waals surface area (Å²) in [5.74, 6) is -0.988. The molecule has 0 aliphatic carbocycles. The summed E-state index contributed by atoms with van der Waals surface area (Å²) in [6, 6.07) is 11.4. The molecule has 0 atom stereocenters. The number of ketones is 1. The first-order chi connectivity index (χ1) is 13.6. The van der Waals surface area contributed by atoms with Crippen LogP contribution in [0.15, 0.2) is 36.4 Å². The van der Waals surface area contributed by atoms with Crippen LogP contribution in [0.4, 0.5) is 0 Å². The lowest BCUT2D eigenvalue weighted by atomic mass is 10.1. The molecule has 1 aromatic carbocycles. The van der Waals surface area contributed by atoms with Gasteiger partial charge in [0.2, 0.25) is 11.7 Å². The van der Waals surface area contributed by atoms with Crippen LogP contribution >= 0.6 is 11.3 Å². The molecule has 1 aromatic heterocycles. The molecule has 0 saturated carbocycles. The largest absolute Gasteiger partial charge is 0.454 e. The molecule has 7 nitrogen and oxygen atoms in total. The Morgan fingerprint density at radius 2 is 1.96 bits per heavy atom. The maximum Gasteiger partial charge on any atom is 0.338 e. The Morgan fingerprint density at radius 1 is 1.18 bits per heavy atom. The Bertz CT molecular complexity index is 925. The zero-order valence-electron chi connectivity index (χ0n) is 15.1. The van der Waals surface area contributed by atoms with Crippen molar-refractivity contribution in [2.75, 3.05) is 32.9 Å². The number of benzene rings is 1. The van der Waals surface area contributed by atoms with Crippen molar-refractivity contribution in [3.8, 4) is 6.07 Å². The highest BCUT2D eigenvalue weighted by atomic mass is 32.1. The Morgan fingerprint density at radius 3 is 2.71 bits per heavy atom. The normalized spacial score (nSPS) is 13.6. The van der Waals surface area contributed by atoms with E-state index in [9.17, 15) is 14.4 Å². The zero-order chi connectivity index (χ0) is 19.9. The van der Waals surface area contributed by atoms with Crippen molar-refractivity contribution >= 4 is 29.0 Å². The van der Waals surface area contributed by atoms with Crippen LogP contribution in [0.5, 0.6) is 0 Å². The van der Waals surface area contributed by atoms with Gasteiger partial charge in [-0.25, -0.2) is 4.79 Å². The minimum absolute atomic E-state index is 0.00736. The summed E-state index contributed by atoms with van der Waals surface area (Å²) < 4.78 is 10.3. The van der Waals surface area contributed by atoms with Crippen LogP contribution in [0.3, 0.4) is 0 Å². The Balaban J connectivity index is 1.53. The number of carbonyl (C=O) groups excluding carboxylic acids is 3. The molecule has 2 heterocycles. The summed E-state index contributed by atoms with van der Waals surface area (Å²) in [7, 11) is 0. The Kier molecular flexibility index (Phi) is 6.53. The highest BCUT2D eigenvalue weighted by molar-refractivity contribution is 7.14. The van der Waals surface area contributed by atoms with Crippen molar-refractivity contribution in [2.24, 2.45) is 0 Å². The molecule has 0 unspecified atom stereocenters. The highest BCUT2D eigenvalue weighted by Crippen LogP contribution is 2.19. The van der Waals surface area contributed by atoms with Crippen LogP contribution in [0.1, 0.15) is 30.5 Å². The number of nitriles is 1. The van der Waals surface area contributed by atoms with Crippen molar-refractivity contribution < 1.29 is 23.9 Å². The van der Waals surface area contributed by atoms with Crippen molar-refractivity contribution in [3.05, 3.63) is 57.3 Å². The van der Waals surface area contributed by atoms with Gasteiger partial charge in [-0.3, -0.25) is 9.59 Å². The summed E-state index contributed by atoms with van der Waals surface area (Å²) in [6.45, 7) is 1.86. The van der Waals surface area contributed by atoms with E-state index in [2.05, 4.69) is 0 Å². The summed E-state index contributed by atoms with van der Waals surface area (Å²) in [5.41, 5.74) is 0.559. The number of rotatable bonds is 6. The van der Waals surface area contributed by atoms with Gasteiger partial charge in [-0.05, 0) is 30.3 Å². The number of amides is 1. The third-order valence-electron chi connectivity index (χ3n) is 4.19. The molecule has 2 aromatic rings. The number of Topliss-reactive ketones (excluding diaryl/α,β-unsaturated/α-hetero) is 1. The standard InChI is InChI=1S/C20H18N2O5S/c21-12-14-2-1-3-15(10-14)20(25)27-13-17(23)18-5-4-16(28-18)11-19(24)22-6-8-26-9-7-22/h1-5,10H,6-9,11,13H2. The fourth-order valence-corrected chi connectivity index (χ4v) is 3.62. The minimum Gasteiger partial charge on any atom is -0.454 e. The third kappa shape index (κ3) is 5.03. The molecule has 0 N–H and O–H groups in total. The molecule has 0 radical (unpaired) electrons. The number of esters is 1. The molecule has 0 spiro atoms. The molecule has 1 aliphatic rings. The van der Waals surface area contributed by atoms with E-state index in [1.54, 1.807) is 29.2 Å². The number of morpholine rings is 1. The van der Waals surface area contributed by atoms with E-state index in [0.29, 0.717) is 36.7 Å². The first kappa shape index (κ1) is 19.7. The van der Waals surface area contributed by atoms with Gasteiger partial charge in [-0.1, -0.05) is 6.07 Å². The van der Waals surface area contributed by atoms with Crippen molar-refractivity contribution in [1.82, 2.24) is 4.90 Å². The molecule has 1 fully saturated rings. The van der Waals surface area contributed by atoms with E-state index < -0.39 is 12.6 Å². The number of thiophene rings is 1. The number of carbonyl (C=O) groups is 3. The predicted octanol–water partition coefficient (Wildman–Crippen LogP) is 2.06. The van der Waals surface area contributed by atoms with Crippen LogP contribution in [0.2, 0.25) is 0 Å². The van der Waals surface area contributed by atoms with E-state index in [1.807, 2.05) is 6.07 Å². The van der Waals surface area contributed by atoms with Gasteiger partial charge in [0.1, 0.15) is 0 Å². The van der Waals surface area contributed by atoms with Gasteiger partial charge in [0, 0.05) is 18.0 Å². The summed E-state index contributed by atoms with van der Waals surface area (Å²) in [5, 5.41) is 8.87. The molecular formula is C20H18N2O5S. The van der Waals surface area contributed by atoms with Crippen molar-refractivity contribution in [1.29, 1.82) is 5.26 Å². The van der Waals surface area contributed by atoms with Crippen LogP contribution in [0.25, 0.3) is 0 Å². The van der Waals surface area contributed by atoms with Crippen molar-refractivity contribution in [3.63, 3.8) is 0 Å². The van der Waals surface area contributed by atoms with E-state index >= 15 is 0 Å². The molecule has 8 heteroatoms. The predicted molar refractivity (Wildman–Crippen MR) is 101 cm³/mol.